The van der Waals surface area contributed by atoms with Crippen LogP contribution in [0.25, 0.3) is 0 Å². The van der Waals surface area contributed by atoms with Gasteiger partial charge in [-0.25, -0.2) is 9.97 Å². The summed E-state index contributed by atoms with van der Waals surface area (Å²) in [6.45, 7) is 2.29. The van der Waals surface area contributed by atoms with Gasteiger partial charge in [0.15, 0.2) is 16.6 Å². The summed E-state index contributed by atoms with van der Waals surface area (Å²) in [6.07, 6.45) is 1.72. The Bertz CT molecular complexity index is 831. The van der Waals surface area contributed by atoms with Crippen LogP contribution < -0.4 is 14.8 Å². The largest absolute Gasteiger partial charge is 0.493 e. The Labute approximate surface area is 147 Å². The number of anilines is 1. The Morgan fingerprint density at radius 3 is 2.83 bits per heavy atom. The average Bonchev–Trinajstić information content (AvgIpc) is 3.24. The van der Waals surface area contributed by atoms with Gasteiger partial charge >= 0.3 is 0 Å². The maximum Gasteiger partial charge on any atom is 0.257 e. The van der Waals surface area contributed by atoms with Crippen molar-refractivity contribution >= 4 is 33.7 Å². The fourth-order valence-corrected chi connectivity index (χ4v) is 3.17. The number of rotatable bonds is 6. The zero-order valence-corrected chi connectivity index (χ0v) is 14.7. The number of carbonyl (C=O) groups excluding carboxylic acids is 1. The molecule has 124 valence electrons. The van der Waals surface area contributed by atoms with Crippen molar-refractivity contribution in [2.24, 2.45) is 0 Å². The summed E-state index contributed by atoms with van der Waals surface area (Å²) < 4.78 is 11.0. The van der Waals surface area contributed by atoms with Crippen LogP contribution in [0.2, 0.25) is 0 Å². The minimum atomic E-state index is -0.242. The van der Waals surface area contributed by atoms with E-state index in [1.165, 1.54) is 29.8 Å². The highest BCUT2D eigenvalue weighted by molar-refractivity contribution is 7.15. The normalized spacial score (nSPS) is 10.4. The van der Waals surface area contributed by atoms with Crippen LogP contribution in [-0.4, -0.2) is 23.0 Å². The predicted octanol–water partition coefficient (Wildman–Crippen LogP) is 3.75. The van der Waals surface area contributed by atoms with Gasteiger partial charge in [-0.3, -0.25) is 10.1 Å². The van der Waals surface area contributed by atoms with Crippen LogP contribution >= 0.6 is 22.7 Å². The van der Waals surface area contributed by atoms with Gasteiger partial charge in [-0.1, -0.05) is 0 Å². The first-order valence-electron chi connectivity index (χ1n) is 7.07. The Kier molecular flexibility index (Phi) is 5.07. The number of nitrogens with one attached hydrogen (secondary N) is 1. The van der Waals surface area contributed by atoms with Crippen LogP contribution in [-0.2, 0) is 6.61 Å². The number of methoxy groups -OCH3 is 1. The van der Waals surface area contributed by atoms with Gasteiger partial charge in [0.05, 0.1) is 18.3 Å². The second kappa shape index (κ2) is 7.41. The summed E-state index contributed by atoms with van der Waals surface area (Å²) in [6, 6.07) is 5.05. The summed E-state index contributed by atoms with van der Waals surface area (Å²) in [4.78, 5) is 21.6. The van der Waals surface area contributed by atoms with Gasteiger partial charge in [0.1, 0.15) is 6.61 Å². The Hall–Kier alpha value is -2.45. The Morgan fingerprint density at radius 1 is 1.29 bits per heavy atom. The molecule has 0 unspecified atom stereocenters. The number of hydrogen-bond acceptors (Lipinski definition) is 7. The molecule has 24 heavy (non-hydrogen) atoms. The summed E-state index contributed by atoms with van der Waals surface area (Å²) in [5, 5.41) is 5.26. The molecule has 0 saturated carbocycles. The molecule has 3 aromatic rings. The van der Waals surface area contributed by atoms with Crippen molar-refractivity contribution in [3.05, 3.63) is 51.4 Å². The van der Waals surface area contributed by atoms with Crippen molar-refractivity contribution in [1.29, 1.82) is 0 Å². The van der Waals surface area contributed by atoms with E-state index in [0.29, 0.717) is 28.8 Å². The topological polar surface area (TPSA) is 73.3 Å². The predicted molar refractivity (Wildman–Crippen MR) is 94.2 cm³/mol. The minimum Gasteiger partial charge on any atom is -0.493 e. The lowest BCUT2D eigenvalue weighted by Crippen LogP contribution is -2.12. The molecule has 2 aromatic heterocycles. The second-order valence-electron chi connectivity index (χ2n) is 4.86. The average molecular weight is 361 g/mol. The minimum absolute atomic E-state index is 0.242. The van der Waals surface area contributed by atoms with Gasteiger partial charge in [0.2, 0.25) is 0 Å². The summed E-state index contributed by atoms with van der Waals surface area (Å²) >= 11 is 2.94. The fourth-order valence-electron chi connectivity index (χ4n) is 1.97. The summed E-state index contributed by atoms with van der Waals surface area (Å²) in [5.74, 6) is 0.814. The smallest absolute Gasteiger partial charge is 0.257 e. The molecule has 0 saturated heterocycles. The third kappa shape index (κ3) is 3.90. The standard InChI is InChI=1S/C16H15N3O3S2/c1-10-6-17-16(24-10)19-15(20)11-3-4-13(14(5-11)21-2)22-7-12-8-23-9-18-12/h3-6,8-9H,7H2,1-2H3,(H,17,19,20). The van der Waals surface area contributed by atoms with E-state index in [2.05, 4.69) is 15.3 Å². The number of aryl methyl sites for hydroxylation is 1. The van der Waals surface area contributed by atoms with E-state index >= 15 is 0 Å². The van der Waals surface area contributed by atoms with Gasteiger partial charge in [-0.05, 0) is 25.1 Å². The first-order chi connectivity index (χ1) is 11.7. The summed E-state index contributed by atoms with van der Waals surface area (Å²) in [7, 11) is 1.54. The number of aromatic nitrogens is 2. The molecule has 1 aromatic carbocycles. The monoisotopic (exact) mass is 361 g/mol. The highest BCUT2D eigenvalue weighted by atomic mass is 32.1. The van der Waals surface area contributed by atoms with Crippen LogP contribution in [0.1, 0.15) is 20.9 Å². The van der Waals surface area contributed by atoms with E-state index < -0.39 is 0 Å². The molecule has 0 aliphatic rings. The van der Waals surface area contributed by atoms with Crippen molar-refractivity contribution in [2.45, 2.75) is 13.5 Å². The van der Waals surface area contributed by atoms with Crippen molar-refractivity contribution in [2.75, 3.05) is 12.4 Å². The van der Waals surface area contributed by atoms with Crippen molar-refractivity contribution in [3.63, 3.8) is 0 Å². The van der Waals surface area contributed by atoms with E-state index in [1.54, 1.807) is 29.9 Å². The van der Waals surface area contributed by atoms with E-state index in [9.17, 15) is 4.79 Å². The molecule has 0 bridgehead atoms. The molecule has 2 heterocycles. The molecule has 0 aliphatic carbocycles. The Morgan fingerprint density at radius 2 is 2.17 bits per heavy atom. The van der Waals surface area contributed by atoms with Gasteiger partial charge < -0.3 is 9.47 Å². The lowest BCUT2D eigenvalue weighted by Gasteiger charge is -2.11. The van der Waals surface area contributed by atoms with E-state index in [0.717, 1.165) is 10.6 Å². The van der Waals surface area contributed by atoms with Gasteiger partial charge in [-0.2, -0.15) is 0 Å². The maximum absolute atomic E-state index is 12.3. The molecule has 0 radical (unpaired) electrons. The number of carbonyl (C=O) groups is 1. The second-order valence-corrected chi connectivity index (χ2v) is 6.82. The lowest BCUT2D eigenvalue weighted by atomic mass is 10.2. The molecule has 3 rings (SSSR count). The van der Waals surface area contributed by atoms with Gasteiger partial charge in [0, 0.05) is 22.0 Å². The summed E-state index contributed by atoms with van der Waals surface area (Å²) in [5.41, 5.74) is 3.08. The SMILES string of the molecule is COc1cc(C(=O)Nc2ncc(C)s2)ccc1OCc1cscn1. The maximum atomic E-state index is 12.3. The molecule has 0 atom stereocenters. The number of ether oxygens (including phenoxy) is 2. The van der Waals surface area contributed by atoms with Crippen LogP contribution in [0.3, 0.4) is 0 Å². The van der Waals surface area contributed by atoms with Crippen LogP contribution in [0.5, 0.6) is 11.5 Å². The van der Waals surface area contributed by atoms with Crippen molar-refractivity contribution in [1.82, 2.24) is 9.97 Å². The molecular weight excluding hydrogens is 346 g/mol. The van der Waals surface area contributed by atoms with Crippen molar-refractivity contribution in [3.8, 4) is 11.5 Å². The number of thiazole rings is 2. The highest BCUT2D eigenvalue weighted by Crippen LogP contribution is 2.29. The zero-order valence-electron chi connectivity index (χ0n) is 13.1. The first kappa shape index (κ1) is 16.4. The van der Waals surface area contributed by atoms with Gasteiger partial charge in [0.25, 0.3) is 5.91 Å². The van der Waals surface area contributed by atoms with Gasteiger partial charge in [-0.15, -0.1) is 22.7 Å². The lowest BCUT2D eigenvalue weighted by molar-refractivity contribution is 0.102. The first-order valence-corrected chi connectivity index (χ1v) is 8.83. The number of hydrogen-bond donors (Lipinski definition) is 1. The molecule has 0 aliphatic heterocycles. The van der Waals surface area contributed by atoms with Crippen molar-refractivity contribution < 1.29 is 14.3 Å². The zero-order chi connectivity index (χ0) is 16.9. The third-order valence-electron chi connectivity index (χ3n) is 3.13. The molecule has 1 N–H and O–H groups in total. The van der Waals surface area contributed by atoms with E-state index in [-0.39, 0.29) is 5.91 Å². The number of benzene rings is 1. The molecule has 8 heteroatoms. The number of amides is 1. The Balaban J connectivity index is 1.71. The van der Waals surface area contributed by atoms with Crippen LogP contribution in [0, 0.1) is 6.92 Å². The molecule has 1 amide bonds. The molecule has 6 nitrogen and oxygen atoms in total. The molecule has 0 fully saturated rings. The molecular formula is C16H15N3O3S2. The quantitative estimate of drug-likeness (QED) is 0.724. The fraction of sp³-hybridized carbons (Fsp3) is 0.188. The third-order valence-corrected chi connectivity index (χ3v) is 4.59. The van der Waals surface area contributed by atoms with Crippen LogP contribution in [0.15, 0.2) is 35.3 Å². The molecule has 0 spiro atoms. The van der Waals surface area contributed by atoms with Crippen LogP contribution in [0.4, 0.5) is 5.13 Å². The number of nitrogens with zero attached hydrogens (tertiary/aromatic N) is 2. The van der Waals surface area contributed by atoms with E-state index in [4.69, 9.17) is 9.47 Å². The van der Waals surface area contributed by atoms with E-state index in [1.807, 2.05) is 12.3 Å². The highest BCUT2D eigenvalue weighted by Gasteiger charge is 2.13.